The van der Waals surface area contributed by atoms with Crippen LogP contribution >= 0.6 is 0 Å². The summed E-state index contributed by atoms with van der Waals surface area (Å²) in [5.74, 6) is 0.260. The number of ether oxygens (including phenoxy) is 1. The predicted molar refractivity (Wildman–Crippen MR) is 84.3 cm³/mol. The van der Waals surface area contributed by atoms with E-state index in [1.54, 1.807) is 0 Å². The number of carbonyl (C=O) groups is 1. The molecule has 1 rings (SSSR count). The van der Waals surface area contributed by atoms with Crippen molar-refractivity contribution in [3.8, 4) is 0 Å². The van der Waals surface area contributed by atoms with Crippen LogP contribution in [0, 0.1) is 12.8 Å². The molecule has 0 spiro atoms. The van der Waals surface area contributed by atoms with E-state index in [9.17, 15) is 4.79 Å². The topological polar surface area (TPSA) is 38.3 Å². The number of carbonyl (C=O) groups excluding carboxylic acids is 1. The average Bonchev–Trinajstić information content (AvgIpc) is 2.29. The zero-order valence-corrected chi connectivity index (χ0v) is 13.7. The second kappa shape index (κ2) is 6.29. The molecule has 0 heterocycles. The van der Waals surface area contributed by atoms with E-state index in [4.69, 9.17) is 4.74 Å². The maximum atomic E-state index is 12.2. The molecule has 1 aromatic carbocycles. The van der Waals surface area contributed by atoms with E-state index in [0.717, 1.165) is 11.3 Å². The molecule has 112 valence electrons. The first-order chi connectivity index (χ1) is 9.11. The van der Waals surface area contributed by atoms with E-state index in [1.165, 1.54) is 0 Å². The zero-order valence-electron chi connectivity index (χ0n) is 13.7. The highest BCUT2D eigenvalue weighted by atomic mass is 16.6. The van der Waals surface area contributed by atoms with Gasteiger partial charge in [-0.1, -0.05) is 19.9 Å². The third-order valence-electron chi connectivity index (χ3n) is 3.34. The molecule has 1 aromatic rings. The summed E-state index contributed by atoms with van der Waals surface area (Å²) in [4.78, 5) is 12.2. The summed E-state index contributed by atoms with van der Waals surface area (Å²) in [5, 5.41) is 3.46. The van der Waals surface area contributed by atoms with Crippen LogP contribution in [0.25, 0.3) is 0 Å². The summed E-state index contributed by atoms with van der Waals surface area (Å²) < 4.78 is 5.45. The van der Waals surface area contributed by atoms with Crippen molar-refractivity contribution in [3.63, 3.8) is 0 Å². The quantitative estimate of drug-likeness (QED) is 0.829. The summed E-state index contributed by atoms with van der Waals surface area (Å²) in [6.45, 7) is 14.1. The molecule has 1 unspecified atom stereocenters. The van der Waals surface area contributed by atoms with Crippen LogP contribution in [0.1, 0.15) is 57.5 Å². The molecule has 0 aliphatic carbocycles. The molecule has 0 saturated heterocycles. The van der Waals surface area contributed by atoms with Crippen molar-refractivity contribution in [2.75, 3.05) is 5.32 Å². The molecule has 3 heteroatoms. The normalized spacial score (nSPS) is 13.2. The average molecular weight is 277 g/mol. The number of benzene rings is 1. The number of hydrogen-bond acceptors (Lipinski definition) is 3. The van der Waals surface area contributed by atoms with Gasteiger partial charge in [-0.3, -0.25) is 0 Å². The molecule has 0 fully saturated rings. The minimum Gasteiger partial charge on any atom is -0.456 e. The van der Waals surface area contributed by atoms with Crippen LogP contribution in [-0.2, 0) is 4.74 Å². The lowest BCUT2D eigenvalue weighted by atomic mass is 10.0. The molecule has 0 aromatic heterocycles. The van der Waals surface area contributed by atoms with Crippen LogP contribution in [0.15, 0.2) is 18.2 Å². The maximum Gasteiger partial charge on any atom is 0.338 e. The van der Waals surface area contributed by atoms with E-state index >= 15 is 0 Å². The Morgan fingerprint density at radius 3 is 2.30 bits per heavy atom. The number of hydrogen-bond donors (Lipinski definition) is 1. The number of nitrogens with one attached hydrogen (secondary N) is 1. The Kier molecular flexibility index (Phi) is 5.21. The molecule has 0 amide bonds. The Morgan fingerprint density at radius 1 is 1.20 bits per heavy atom. The molecular weight excluding hydrogens is 250 g/mol. The molecule has 1 atom stereocenters. The standard InChI is InChI=1S/C17H27NO2/c1-11(2)13(4)18-15-10-8-9-14(12(15)3)16(19)20-17(5,6)7/h8-11,13,18H,1-7H3. The first kappa shape index (κ1) is 16.5. The highest BCUT2D eigenvalue weighted by molar-refractivity contribution is 5.93. The molecule has 20 heavy (non-hydrogen) atoms. The van der Waals surface area contributed by atoms with Crippen molar-refractivity contribution in [2.24, 2.45) is 5.92 Å². The van der Waals surface area contributed by atoms with E-state index in [1.807, 2.05) is 45.9 Å². The van der Waals surface area contributed by atoms with Crippen molar-refractivity contribution in [3.05, 3.63) is 29.3 Å². The van der Waals surface area contributed by atoms with Gasteiger partial charge in [0.1, 0.15) is 5.60 Å². The summed E-state index contributed by atoms with van der Waals surface area (Å²) >= 11 is 0. The lowest BCUT2D eigenvalue weighted by Gasteiger charge is -2.23. The van der Waals surface area contributed by atoms with Gasteiger partial charge in [0.2, 0.25) is 0 Å². The molecule has 0 radical (unpaired) electrons. The molecule has 3 nitrogen and oxygen atoms in total. The van der Waals surface area contributed by atoms with Gasteiger partial charge in [0.05, 0.1) is 5.56 Å². The minimum atomic E-state index is -0.474. The number of rotatable bonds is 4. The molecule has 0 saturated carbocycles. The summed E-state index contributed by atoms with van der Waals surface area (Å²) in [7, 11) is 0. The lowest BCUT2D eigenvalue weighted by Crippen LogP contribution is -2.25. The molecule has 0 aliphatic heterocycles. The predicted octanol–water partition coefficient (Wildman–Crippen LogP) is 4.41. The van der Waals surface area contributed by atoms with Crippen LogP contribution in [0.4, 0.5) is 5.69 Å². The Morgan fingerprint density at radius 2 is 1.80 bits per heavy atom. The van der Waals surface area contributed by atoms with E-state index in [-0.39, 0.29) is 5.97 Å². The molecule has 0 bridgehead atoms. The van der Waals surface area contributed by atoms with E-state index in [2.05, 4.69) is 26.1 Å². The largest absolute Gasteiger partial charge is 0.456 e. The third-order valence-corrected chi connectivity index (χ3v) is 3.34. The van der Waals surface area contributed by atoms with Gasteiger partial charge in [0.15, 0.2) is 0 Å². The summed E-state index contributed by atoms with van der Waals surface area (Å²) in [6, 6.07) is 6.06. The van der Waals surface area contributed by atoms with Crippen LogP contribution in [0.5, 0.6) is 0 Å². The van der Waals surface area contributed by atoms with Gasteiger partial charge in [-0.25, -0.2) is 4.79 Å². The first-order valence-electron chi connectivity index (χ1n) is 7.21. The fourth-order valence-corrected chi connectivity index (χ4v) is 1.76. The van der Waals surface area contributed by atoms with Gasteiger partial charge in [-0.15, -0.1) is 0 Å². The lowest BCUT2D eigenvalue weighted by molar-refractivity contribution is 0.00688. The van der Waals surface area contributed by atoms with Crippen LogP contribution in [-0.4, -0.2) is 17.6 Å². The van der Waals surface area contributed by atoms with Gasteiger partial charge in [0.25, 0.3) is 0 Å². The van der Waals surface area contributed by atoms with Crippen LogP contribution in [0.3, 0.4) is 0 Å². The fourth-order valence-electron chi connectivity index (χ4n) is 1.76. The second-order valence-electron chi connectivity index (χ2n) is 6.66. The molecule has 1 N–H and O–H groups in total. The van der Waals surface area contributed by atoms with Crippen LogP contribution in [0.2, 0.25) is 0 Å². The van der Waals surface area contributed by atoms with E-state index in [0.29, 0.717) is 17.5 Å². The van der Waals surface area contributed by atoms with Crippen molar-refractivity contribution in [2.45, 2.75) is 60.1 Å². The Hall–Kier alpha value is -1.51. The van der Waals surface area contributed by atoms with Crippen molar-refractivity contribution in [1.29, 1.82) is 0 Å². The fraction of sp³-hybridized carbons (Fsp3) is 0.588. The van der Waals surface area contributed by atoms with Crippen molar-refractivity contribution >= 4 is 11.7 Å². The Labute approximate surface area is 122 Å². The zero-order chi connectivity index (χ0) is 15.5. The summed E-state index contributed by atoms with van der Waals surface area (Å²) in [5.41, 5.74) is 2.09. The van der Waals surface area contributed by atoms with E-state index < -0.39 is 5.60 Å². The van der Waals surface area contributed by atoms with Gasteiger partial charge >= 0.3 is 5.97 Å². The van der Waals surface area contributed by atoms with Gasteiger partial charge in [-0.05, 0) is 58.2 Å². The van der Waals surface area contributed by atoms with Gasteiger partial charge < -0.3 is 10.1 Å². The number of anilines is 1. The van der Waals surface area contributed by atoms with Gasteiger partial charge in [0, 0.05) is 11.7 Å². The molecular formula is C17H27NO2. The summed E-state index contributed by atoms with van der Waals surface area (Å²) in [6.07, 6.45) is 0. The van der Waals surface area contributed by atoms with Crippen molar-refractivity contribution < 1.29 is 9.53 Å². The van der Waals surface area contributed by atoms with Crippen LogP contribution < -0.4 is 5.32 Å². The third kappa shape index (κ3) is 4.55. The maximum absolute atomic E-state index is 12.2. The molecule has 0 aliphatic rings. The van der Waals surface area contributed by atoms with Gasteiger partial charge in [-0.2, -0.15) is 0 Å². The SMILES string of the molecule is Cc1c(NC(C)C(C)C)cccc1C(=O)OC(C)(C)C. The smallest absolute Gasteiger partial charge is 0.338 e. The highest BCUT2D eigenvalue weighted by Crippen LogP contribution is 2.23. The Balaban J connectivity index is 2.98. The number of esters is 1. The highest BCUT2D eigenvalue weighted by Gasteiger charge is 2.20. The first-order valence-corrected chi connectivity index (χ1v) is 7.21. The van der Waals surface area contributed by atoms with Crippen molar-refractivity contribution in [1.82, 2.24) is 0 Å². The second-order valence-corrected chi connectivity index (χ2v) is 6.66. The monoisotopic (exact) mass is 277 g/mol. The minimum absolute atomic E-state index is 0.268. The Bertz CT molecular complexity index is 472.